The first-order valence-electron chi connectivity index (χ1n) is 14.5. The lowest BCUT2D eigenvalue weighted by Crippen LogP contribution is -2.74. The van der Waals surface area contributed by atoms with Gasteiger partial charge in [-0.1, -0.05) is 16.9 Å². The van der Waals surface area contributed by atoms with Crippen LogP contribution in [0.5, 0.6) is 0 Å². The highest BCUT2D eigenvalue weighted by molar-refractivity contribution is 8.00. The number of nitrogens with one attached hydrogen (secondary N) is 1. The number of tetrazole rings is 1. The van der Waals surface area contributed by atoms with Crippen molar-refractivity contribution in [1.29, 1.82) is 0 Å². The van der Waals surface area contributed by atoms with E-state index in [2.05, 4.69) is 35.9 Å². The second kappa shape index (κ2) is 14.8. The molecule has 5 rings (SSSR count). The van der Waals surface area contributed by atoms with E-state index >= 15 is 0 Å². The van der Waals surface area contributed by atoms with Crippen LogP contribution in [0.4, 0.5) is 9.93 Å². The van der Waals surface area contributed by atoms with Crippen LogP contribution in [0.25, 0.3) is 0 Å². The molecule has 0 saturated carbocycles. The van der Waals surface area contributed by atoms with Crippen molar-refractivity contribution in [1.82, 2.24) is 45.2 Å². The molecule has 0 aromatic carbocycles. The van der Waals surface area contributed by atoms with E-state index in [4.69, 9.17) is 15.3 Å². The highest BCUT2D eigenvalue weighted by Gasteiger charge is 2.57. The number of rotatable bonds is 13. The summed E-state index contributed by atoms with van der Waals surface area (Å²) in [5.41, 5.74) is 4.54. The molecule has 5 heterocycles. The fraction of sp³-hybridized carbons (Fsp3) is 0.640. The number of thioether (sulfide) groups is 2. The fourth-order valence-corrected chi connectivity index (χ4v) is 8.58. The van der Waals surface area contributed by atoms with Gasteiger partial charge in [-0.25, -0.2) is 14.5 Å². The number of carboxylic acid groups (broad SMARTS) is 1. The minimum Gasteiger partial charge on any atom is -0.481 e. The number of oxime groups is 1. The summed E-state index contributed by atoms with van der Waals surface area (Å²) in [7, 11) is 1.29. The second-order valence-electron chi connectivity index (χ2n) is 10.8. The van der Waals surface area contributed by atoms with Gasteiger partial charge < -0.3 is 35.5 Å². The first-order chi connectivity index (χ1) is 22.2. The van der Waals surface area contributed by atoms with Gasteiger partial charge in [0.05, 0.1) is 6.61 Å². The molecule has 3 aliphatic rings. The van der Waals surface area contributed by atoms with E-state index in [-0.39, 0.29) is 46.6 Å². The minimum absolute atomic E-state index is 0.0147. The van der Waals surface area contributed by atoms with Crippen molar-refractivity contribution in [2.75, 3.05) is 70.2 Å². The van der Waals surface area contributed by atoms with E-state index < -0.39 is 28.7 Å². The Balaban J connectivity index is 1.12. The Morgan fingerprint density at radius 1 is 1.26 bits per heavy atom. The Labute approximate surface area is 276 Å². The Morgan fingerprint density at radius 2 is 2.04 bits per heavy atom. The third-order valence-corrected chi connectivity index (χ3v) is 11.3. The minimum atomic E-state index is -1.24. The zero-order valence-corrected chi connectivity index (χ0v) is 27.7. The predicted octanol–water partition coefficient (Wildman–Crippen LogP) is -0.510. The first-order valence-corrected chi connectivity index (χ1v) is 17.4. The lowest BCUT2D eigenvalue weighted by Gasteiger charge is -2.53. The lowest BCUT2D eigenvalue weighted by atomic mass is 9.89. The second-order valence-corrected chi connectivity index (χ2v) is 13.7. The third kappa shape index (κ3) is 7.31. The number of thiazole rings is 1. The number of nitrogens with zero attached hydrogens (tertiary/aromatic N) is 9. The number of aliphatic carboxylic acids is 1. The molecular weight excluding hydrogens is 663 g/mol. The summed E-state index contributed by atoms with van der Waals surface area (Å²) in [4.78, 5) is 64.9. The van der Waals surface area contributed by atoms with E-state index in [0.29, 0.717) is 31.4 Å². The van der Waals surface area contributed by atoms with E-state index in [1.54, 1.807) is 21.9 Å². The van der Waals surface area contributed by atoms with Crippen LogP contribution >= 0.6 is 34.9 Å². The van der Waals surface area contributed by atoms with Crippen molar-refractivity contribution in [2.24, 2.45) is 10.6 Å². The smallest absolute Gasteiger partial charge is 0.409 e. The summed E-state index contributed by atoms with van der Waals surface area (Å²) in [5.74, 6) is -1.69. The molecule has 2 aromatic heterocycles. The molecule has 3 saturated heterocycles. The molecule has 0 radical (unpaired) electrons. The largest absolute Gasteiger partial charge is 0.481 e. The maximum absolute atomic E-state index is 13.1. The number of fused-ring (bicyclic) bond motifs is 1. The summed E-state index contributed by atoms with van der Waals surface area (Å²) in [6, 6.07) is -0.851. The Hall–Kier alpha value is -3.69. The summed E-state index contributed by atoms with van der Waals surface area (Å²) >= 11 is 3.67. The molecule has 0 bridgehead atoms. The Bertz CT molecular complexity index is 1460. The Kier molecular flexibility index (Phi) is 10.8. The van der Waals surface area contributed by atoms with Gasteiger partial charge in [0.15, 0.2) is 10.8 Å². The van der Waals surface area contributed by atoms with Crippen LogP contribution in [-0.4, -0.2) is 150 Å². The maximum atomic E-state index is 13.1. The normalized spacial score (nSPS) is 23.4. The van der Waals surface area contributed by atoms with Gasteiger partial charge in [0.2, 0.25) is 11.1 Å². The third-order valence-electron chi connectivity index (χ3n) is 7.77. The van der Waals surface area contributed by atoms with Gasteiger partial charge in [0.25, 0.3) is 5.91 Å². The number of piperazine rings is 1. The number of anilines is 1. The number of aromatic nitrogens is 5. The first kappa shape index (κ1) is 33.7. The zero-order valence-electron chi connectivity index (χ0n) is 25.2. The summed E-state index contributed by atoms with van der Waals surface area (Å²) in [6.45, 7) is 6.18. The van der Waals surface area contributed by atoms with E-state index in [1.165, 1.54) is 35.5 Å². The molecule has 250 valence electrons. The van der Waals surface area contributed by atoms with Crippen molar-refractivity contribution < 1.29 is 33.9 Å². The molecule has 0 spiro atoms. The number of hydrogen-bond acceptors (Lipinski definition) is 16. The number of β-lactam (4-membered cyclic amide) rings is 1. The molecule has 18 nitrogen and oxygen atoms in total. The topological polar surface area (TPSA) is 224 Å². The van der Waals surface area contributed by atoms with Gasteiger partial charge in [0, 0.05) is 62.7 Å². The van der Waals surface area contributed by atoms with Crippen molar-refractivity contribution >= 4 is 69.6 Å². The van der Waals surface area contributed by atoms with Crippen LogP contribution in [0, 0.1) is 5.41 Å². The van der Waals surface area contributed by atoms with Crippen molar-refractivity contribution in [3.8, 4) is 0 Å². The predicted molar refractivity (Wildman–Crippen MR) is 168 cm³/mol. The van der Waals surface area contributed by atoms with Crippen LogP contribution in [0.2, 0.25) is 0 Å². The van der Waals surface area contributed by atoms with E-state index in [0.717, 1.165) is 37.4 Å². The van der Waals surface area contributed by atoms with Gasteiger partial charge in [-0.2, -0.15) is 0 Å². The van der Waals surface area contributed by atoms with Gasteiger partial charge in [0.1, 0.15) is 29.6 Å². The molecule has 2 aromatic rings. The van der Waals surface area contributed by atoms with Crippen LogP contribution in [0.1, 0.15) is 19.0 Å². The number of carbonyl (C=O) groups is 4. The average molecular weight is 698 g/mol. The highest BCUT2D eigenvalue weighted by Crippen LogP contribution is 2.44. The molecule has 3 amide bonds. The molecule has 3 fully saturated rings. The summed E-state index contributed by atoms with van der Waals surface area (Å²) < 4.78 is 6.73. The number of nitrogens with two attached hydrogens (primary N) is 1. The molecule has 3 aliphatic heterocycles. The molecule has 4 N–H and O–H groups in total. The van der Waals surface area contributed by atoms with Gasteiger partial charge >= 0.3 is 12.1 Å². The number of carbonyl (C=O) groups excluding carboxylic acids is 3. The molecule has 21 heteroatoms. The lowest BCUT2D eigenvalue weighted by molar-refractivity contribution is -0.157. The van der Waals surface area contributed by atoms with Gasteiger partial charge in [-0.3, -0.25) is 19.3 Å². The van der Waals surface area contributed by atoms with Crippen molar-refractivity contribution in [3.63, 3.8) is 0 Å². The van der Waals surface area contributed by atoms with Crippen LogP contribution in [-0.2, 0) is 30.5 Å². The van der Waals surface area contributed by atoms with Gasteiger partial charge in [-0.05, 0) is 23.8 Å². The molecule has 46 heavy (non-hydrogen) atoms. The molecule has 0 aliphatic carbocycles. The molecular formula is C25H35N11O7S3. The van der Waals surface area contributed by atoms with E-state index in [1.807, 2.05) is 0 Å². The number of carboxylic acids is 1. The molecule has 3 atom stereocenters. The average Bonchev–Trinajstić information content (AvgIpc) is 3.69. The molecule has 2 unspecified atom stereocenters. The maximum Gasteiger partial charge on any atom is 0.409 e. The van der Waals surface area contributed by atoms with Crippen molar-refractivity contribution in [2.45, 2.75) is 36.5 Å². The number of aryl methyl sites for hydroxylation is 1. The van der Waals surface area contributed by atoms with Crippen LogP contribution in [0.15, 0.2) is 15.7 Å². The number of hydrogen-bond donors (Lipinski definition) is 3. The number of amides is 3. The monoisotopic (exact) mass is 697 g/mol. The standard InChI is InChI=1S/C25H35N11O7S3/c1-3-43-24(41)34-9-7-33(8-10-34)5-4-6-36-23(29-31-32-36)46-14-25(21(39)40)12-35-19(38)17(20(35)45-13-25)28-18(37)16(30-42-2)15-11-44-22(26)27-15/h11,17,20H,3-10,12-14H2,1-2H3,(H2,26,27)(H,28,37)(H,39,40)/t17?,20-,25?/m1/s1. The van der Waals surface area contributed by atoms with Crippen LogP contribution < -0.4 is 11.1 Å². The fourth-order valence-electron chi connectivity index (χ4n) is 5.26. The van der Waals surface area contributed by atoms with Crippen molar-refractivity contribution in [3.05, 3.63) is 11.1 Å². The summed E-state index contributed by atoms with van der Waals surface area (Å²) in [5, 5.41) is 30.5. The van der Waals surface area contributed by atoms with Crippen LogP contribution in [0.3, 0.4) is 0 Å². The SMILES string of the molecule is CCOC(=O)N1CCN(CCCn2nnnc2SCC2(C(=O)O)CS[C@@H]3C(NC(=O)C(=NOC)c4csc(N)n4)C(=O)N3C2)CC1. The Morgan fingerprint density at radius 3 is 2.72 bits per heavy atom. The summed E-state index contributed by atoms with van der Waals surface area (Å²) in [6.07, 6.45) is 0.482. The quantitative estimate of drug-likeness (QED) is 0.104. The van der Waals surface area contributed by atoms with Gasteiger partial charge in [-0.15, -0.1) is 28.2 Å². The van der Waals surface area contributed by atoms with E-state index in [9.17, 15) is 24.3 Å². The number of ether oxygens (including phenoxy) is 1. The number of nitrogen functional groups attached to an aromatic ring is 1. The zero-order chi connectivity index (χ0) is 32.8. The highest BCUT2D eigenvalue weighted by atomic mass is 32.2.